The van der Waals surface area contributed by atoms with E-state index in [9.17, 15) is 14.3 Å². The standard InChI is InChI=1S/C20H20FNO2/c1-13(10-11-23)22-14(2)19(17-12-16(21)8-9-18(17)22)20(24)15-6-4-3-5-7-15/h3-9,12-13,23H,10-11H2,1-2H3. The quantitative estimate of drug-likeness (QED) is 0.712. The smallest absolute Gasteiger partial charge is 0.195 e. The number of ketones is 1. The molecule has 1 atom stereocenters. The van der Waals surface area contributed by atoms with Crippen LogP contribution in [0.4, 0.5) is 4.39 Å². The summed E-state index contributed by atoms with van der Waals surface area (Å²) in [4.78, 5) is 13.0. The third-order valence-electron chi connectivity index (χ3n) is 4.46. The largest absolute Gasteiger partial charge is 0.396 e. The number of hydrogen-bond acceptors (Lipinski definition) is 2. The molecular formula is C20H20FNO2. The summed E-state index contributed by atoms with van der Waals surface area (Å²) in [7, 11) is 0. The molecule has 1 aromatic heterocycles. The number of carbonyl (C=O) groups excluding carboxylic acids is 1. The first kappa shape index (κ1) is 16.4. The Balaban J connectivity index is 2.25. The number of aliphatic hydroxyl groups is 1. The minimum atomic E-state index is -0.364. The van der Waals surface area contributed by atoms with E-state index in [4.69, 9.17) is 0 Å². The van der Waals surface area contributed by atoms with Crippen LogP contribution in [0.25, 0.3) is 10.9 Å². The molecule has 2 aromatic carbocycles. The lowest BCUT2D eigenvalue weighted by molar-refractivity contribution is 0.103. The summed E-state index contributed by atoms with van der Waals surface area (Å²) in [6.45, 7) is 3.92. The van der Waals surface area contributed by atoms with Crippen molar-refractivity contribution in [1.29, 1.82) is 0 Å². The molecule has 0 saturated carbocycles. The van der Waals surface area contributed by atoms with Crippen LogP contribution in [0.5, 0.6) is 0 Å². The van der Waals surface area contributed by atoms with Crippen molar-refractivity contribution in [1.82, 2.24) is 4.57 Å². The van der Waals surface area contributed by atoms with Crippen molar-refractivity contribution in [3.8, 4) is 0 Å². The van der Waals surface area contributed by atoms with E-state index in [0.29, 0.717) is 22.9 Å². The van der Waals surface area contributed by atoms with Gasteiger partial charge in [-0.3, -0.25) is 4.79 Å². The predicted molar refractivity (Wildman–Crippen MR) is 92.9 cm³/mol. The fraction of sp³-hybridized carbons (Fsp3) is 0.250. The molecule has 0 aliphatic rings. The lowest BCUT2D eigenvalue weighted by Gasteiger charge is -2.16. The molecule has 0 saturated heterocycles. The summed E-state index contributed by atoms with van der Waals surface area (Å²) < 4.78 is 15.8. The number of hydrogen-bond donors (Lipinski definition) is 1. The van der Waals surface area contributed by atoms with Crippen LogP contribution in [-0.4, -0.2) is 22.1 Å². The Kier molecular flexibility index (Phi) is 4.49. The number of carbonyl (C=O) groups is 1. The van der Waals surface area contributed by atoms with Gasteiger partial charge in [0.2, 0.25) is 0 Å². The molecule has 1 N–H and O–H groups in total. The predicted octanol–water partition coefficient (Wildman–Crippen LogP) is 4.26. The molecular weight excluding hydrogens is 305 g/mol. The van der Waals surface area contributed by atoms with Crippen LogP contribution >= 0.6 is 0 Å². The third kappa shape index (κ3) is 2.74. The van der Waals surface area contributed by atoms with Gasteiger partial charge in [-0.25, -0.2) is 4.39 Å². The summed E-state index contributed by atoms with van der Waals surface area (Å²) >= 11 is 0. The Morgan fingerprint density at radius 2 is 1.92 bits per heavy atom. The second kappa shape index (κ2) is 6.57. The number of aliphatic hydroxyl groups excluding tert-OH is 1. The first-order chi connectivity index (χ1) is 11.5. The normalized spacial score (nSPS) is 12.5. The lowest BCUT2D eigenvalue weighted by Crippen LogP contribution is -2.10. The monoisotopic (exact) mass is 325 g/mol. The summed E-state index contributed by atoms with van der Waals surface area (Å²) in [5.41, 5.74) is 2.72. The molecule has 0 aliphatic heterocycles. The average Bonchev–Trinajstić information content (AvgIpc) is 2.86. The van der Waals surface area contributed by atoms with Crippen LogP contribution in [0.1, 0.15) is 41.0 Å². The summed E-state index contributed by atoms with van der Waals surface area (Å²) in [6.07, 6.45) is 0.570. The molecule has 4 heteroatoms. The van der Waals surface area contributed by atoms with Gasteiger partial charge in [0.15, 0.2) is 5.78 Å². The third-order valence-corrected chi connectivity index (χ3v) is 4.46. The van der Waals surface area contributed by atoms with Crippen molar-refractivity contribution < 1.29 is 14.3 Å². The highest BCUT2D eigenvalue weighted by Gasteiger charge is 2.23. The first-order valence-corrected chi connectivity index (χ1v) is 8.05. The van der Waals surface area contributed by atoms with Crippen molar-refractivity contribution >= 4 is 16.7 Å². The van der Waals surface area contributed by atoms with Crippen molar-refractivity contribution in [2.24, 2.45) is 0 Å². The number of fused-ring (bicyclic) bond motifs is 1. The van der Waals surface area contributed by atoms with Gasteiger partial charge in [0, 0.05) is 34.8 Å². The highest BCUT2D eigenvalue weighted by molar-refractivity contribution is 6.17. The fourth-order valence-corrected chi connectivity index (χ4v) is 3.32. The van der Waals surface area contributed by atoms with E-state index >= 15 is 0 Å². The average molecular weight is 325 g/mol. The SMILES string of the molecule is Cc1c(C(=O)c2ccccc2)c2cc(F)ccc2n1C(C)CCO. The Bertz CT molecular complexity index is 884. The maximum atomic E-state index is 13.8. The molecule has 124 valence electrons. The second-order valence-corrected chi connectivity index (χ2v) is 6.05. The van der Waals surface area contributed by atoms with E-state index in [1.807, 2.05) is 36.6 Å². The molecule has 0 spiro atoms. The van der Waals surface area contributed by atoms with Gasteiger partial charge in [-0.1, -0.05) is 30.3 Å². The summed E-state index contributed by atoms with van der Waals surface area (Å²) in [5.74, 6) is -0.477. The number of benzene rings is 2. The van der Waals surface area contributed by atoms with Crippen LogP contribution < -0.4 is 0 Å². The lowest BCUT2D eigenvalue weighted by atomic mass is 10.0. The molecule has 0 radical (unpaired) electrons. The summed E-state index contributed by atoms with van der Waals surface area (Å²) in [6, 6.07) is 13.6. The van der Waals surface area contributed by atoms with Gasteiger partial charge < -0.3 is 9.67 Å². The van der Waals surface area contributed by atoms with Crippen LogP contribution in [0.3, 0.4) is 0 Å². The van der Waals surface area contributed by atoms with Gasteiger partial charge in [-0.15, -0.1) is 0 Å². The van der Waals surface area contributed by atoms with Crippen molar-refractivity contribution in [3.05, 3.63) is 71.2 Å². The van der Waals surface area contributed by atoms with E-state index in [2.05, 4.69) is 0 Å². The fourth-order valence-electron chi connectivity index (χ4n) is 3.32. The maximum absolute atomic E-state index is 13.8. The van der Waals surface area contributed by atoms with Gasteiger partial charge in [0.1, 0.15) is 5.82 Å². The maximum Gasteiger partial charge on any atom is 0.195 e. The second-order valence-electron chi connectivity index (χ2n) is 6.05. The highest BCUT2D eigenvalue weighted by Crippen LogP contribution is 2.32. The number of halogens is 1. The number of nitrogens with zero attached hydrogens (tertiary/aromatic N) is 1. The van der Waals surface area contributed by atoms with E-state index in [0.717, 1.165) is 11.2 Å². The minimum absolute atomic E-state index is 0.0142. The van der Waals surface area contributed by atoms with Gasteiger partial charge in [-0.05, 0) is 38.5 Å². The molecule has 0 amide bonds. The molecule has 1 unspecified atom stereocenters. The Hall–Kier alpha value is -2.46. The minimum Gasteiger partial charge on any atom is -0.396 e. The van der Waals surface area contributed by atoms with E-state index < -0.39 is 0 Å². The van der Waals surface area contributed by atoms with Crippen molar-refractivity contribution in [2.75, 3.05) is 6.61 Å². The molecule has 0 aliphatic carbocycles. The molecule has 24 heavy (non-hydrogen) atoms. The molecule has 3 rings (SSSR count). The molecule has 0 fully saturated rings. The molecule has 1 heterocycles. The van der Waals surface area contributed by atoms with Crippen LogP contribution in [0, 0.1) is 12.7 Å². The molecule has 3 nitrogen and oxygen atoms in total. The van der Waals surface area contributed by atoms with Crippen LogP contribution in [0.15, 0.2) is 48.5 Å². The van der Waals surface area contributed by atoms with Crippen molar-refractivity contribution in [3.63, 3.8) is 0 Å². The zero-order valence-electron chi connectivity index (χ0n) is 13.8. The van der Waals surface area contributed by atoms with Crippen LogP contribution in [-0.2, 0) is 0 Å². The number of aromatic nitrogens is 1. The van der Waals surface area contributed by atoms with E-state index in [-0.39, 0.29) is 24.2 Å². The molecule has 0 bridgehead atoms. The number of rotatable bonds is 5. The Morgan fingerprint density at radius 1 is 1.21 bits per heavy atom. The Labute approximate surface area is 140 Å². The van der Waals surface area contributed by atoms with Gasteiger partial charge >= 0.3 is 0 Å². The zero-order valence-corrected chi connectivity index (χ0v) is 13.8. The van der Waals surface area contributed by atoms with Gasteiger partial charge in [-0.2, -0.15) is 0 Å². The van der Waals surface area contributed by atoms with Gasteiger partial charge in [0.05, 0.1) is 5.56 Å². The summed E-state index contributed by atoms with van der Waals surface area (Å²) in [5, 5.41) is 9.88. The highest BCUT2D eigenvalue weighted by atomic mass is 19.1. The van der Waals surface area contributed by atoms with E-state index in [1.165, 1.54) is 12.1 Å². The first-order valence-electron chi connectivity index (χ1n) is 8.05. The Morgan fingerprint density at radius 3 is 2.58 bits per heavy atom. The van der Waals surface area contributed by atoms with Gasteiger partial charge in [0.25, 0.3) is 0 Å². The van der Waals surface area contributed by atoms with Crippen molar-refractivity contribution in [2.45, 2.75) is 26.3 Å². The van der Waals surface area contributed by atoms with Crippen LogP contribution in [0.2, 0.25) is 0 Å². The molecule has 3 aromatic rings. The van der Waals surface area contributed by atoms with E-state index in [1.54, 1.807) is 18.2 Å². The zero-order chi connectivity index (χ0) is 17.3. The topological polar surface area (TPSA) is 42.2 Å².